The lowest BCUT2D eigenvalue weighted by molar-refractivity contribution is 0.0694. The first kappa shape index (κ1) is 14.1. The fraction of sp³-hybridized carbons (Fsp3) is 0.250. The lowest BCUT2D eigenvalue weighted by Crippen LogP contribution is -2.28. The fourth-order valence-corrected chi connectivity index (χ4v) is 2.11. The molecule has 4 heteroatoms. The van der Waals surface area contributed by atoms with Gasteiger partial charge in [-0.25, -0.2) is 4.79 Å². The van der Waals surface area contributed by atoms with Gasteiger partial charge in [0.05, 0.1) is 6.54 Å². The maximum absolute atomic E-state index is 12.2. The van der Waals surface area contributed by atoms with Gasteiger partial charge in [0.15, 0.2) is 0 Å². The van der Waals surface area contributed by atoms with E-state index in [-0.39, 0.29) is 5.56 Å². The highest BCUT2D eigenvalue weighted by Crippen LogP contribution is 2.11. The summed E-state index contributed by atoms with van der Waals surface area (Å²) < 4.78 is 1.49. The molecule has 0 aliphatic heterocycles. The summed E-state index contributed by atoms with van der Waals surface area (Å²) >= 11 is 0. The first-order valence-corrected chi connectivity index (χ1v) is 6.40. The molecule has 2 aromatic rings. The third-order valence-electron chi connectivity index (χ3n) is 3.53. The van der Waals surface area contributed by atoms with Gasteiger partial charge < -0.3 is 9.67 Å². The van der Waals surface area contributed by atoms with Crippen molar-refractivity contribution in [1.29, 1.82) is 0 Å². The van der Waals surface area contributed by atoms with Crippen molar-refractivity contribution in [2.45, 2.75) is 27.3 Å². The lowest BCUT2D eigenvalue weighted by Gasteiger charge is -2.12. The average Bonchev–Trinajstić information content (AvgIpc) is 2.38. The van der Waals surface area contributed by atoms with Gasteiger partial charge in [0.1, 0.15) is 5.56 Å². The predicted molar refractivity (Wildman–Crippen MR) is 77.4 cm³/mol. The molecule has 0 radical (unpaired) electrons. The zero-order chi connectivity index (χ0) is 14.9. The highest BCUT2D eigenvalue weighted by atomic mass is 16.4. The molecule has 0 saturated carbocycles. The lowest BCUT2D eigenvalue weighted by atomic mass is 10.1. The van der Waals surface area contributed by atoms with Crippen LogP contribution in [0.25, 0.3) is 0 Å². The van der Waals surface area contributed by atoms with E-state index in [1.54, 1.807) is 13.0 Å². The van der Waals surface area contributed by atoms with E-state index in [4.69, 9.17) is 5.11 Å². The SMILES string of the molecule is Cc1ccc(Cn2c(C)ccc(C(=O)O)c2=O)cc1C. The predicted octanol–water partition coefficient (Wildman–Crippen LogP) is 2.52. The molecular formula is C16H17NO3. The van der Waals surface area contributed by atoms with E-state index in [2.05, 4.69) is 0 Å². The number of nitrogens with zero attached hydrogens (tertiary/aromatic N) is 1. The quantitative estimate of drug-likeness (QED) is 0.933. The summed E-state index contributed by atoms with van der Waals surface area (Å²) in [5, 5.41) is 9.01. The smallest absolute Gasteiger partial charge is 0.341 e. The molecule has 20 heavy (non-hydrogen) atoms. The highest BCUT2D eigenvalue weighted by molar-refractivity contribution is 5.87. The van der Waals surface area contributed by atoms with Crippen molar-refractivity contribution in [3.05, 3.63) is 68.6 Å². The molecule has 4 nitrogen and oxygen atoms in total. The van der Waals surface area contributed by atoms with E-state index in [9.17, 15) is 9.59 Å². The number of carbonyl (C=O) groups is 1. The van der Waals surface area contributed by atoms with Gasteiger partial charge in [0, 0.05) is 5.69 Å². The minimum Gasteiger partial charge on any atom is -0.477 e. The molecule has 0 bridgehead atoms. The molecule has 1 heterocycles. The molecule has 0 aliphatic carbocycles. The van der Waals surface area contributed by atoms with E-state index in [0.717, 1.165) is 16.8 Å². The molecule has 0 fully saturated rings. The molecule has 0 spiro atoms. The number of carboxylic acids is 1. The Bertz CT molecular complexity index is 729. The van der Waals surface area contributed by atoms with Gasteiger partial charge in [0.2, 0.25) is 0 Å². The maximum atomic E-state index is 12.2. The summed E-state index contributed by atoms with van der Waals surface area (Å²) in [6.07, 6.45) is 0. The van der Waals surface area contributed by atoms with Crippen molar-refractivity contribution < 1.29 is 9.90 Å². The van der Waals surface area contributed by atoms with Gasteiger partial charge in [-0.2, -0.15) is 0 Å². The normalized spacial score (nSPS) is 10.6. The summed E-state index contributed by atoms with van der Waals surface area (Å²) in [7, 11) is 0. The summed E-state index contributed by atoms with van der Waals surface area (Å²) in [4.78, 5) is 23.2. The number of rotatable bonds is 3. The molecule has 0 aliphatic rings. The number of aromatic nitrogens is 1. The number of aromatic carboxylic acids is 1. The minimum atomic E-state index is -1.19. The molecule has 104 valence electrons. The number of hydrogen-bond acceptors (Lipinski definition) is 2. The van der Waals surface area contributed by atoms with Crippen LogP contribution in [-0.2, 0) is 6.54 Å². The van der Waals surface area contributed by atoms with Crippen molar-refractivity contribution in [2.75, 3.05) is 0 Å². The summed E-state index contributed by atoms with van der Waals surface area (Å²) in [6, 6.07) is 9.01. The van der Waals surface area contributed by atoms with Crippen LogP contribution < -0.4 is 5.56 Å². The van der Waals surface area contributed by atoms with Crippen LogP contribution in [0, 0.1) is 20.8 Å². The number of carboxylic acid groups (broad SMARTS) is 1. The standard InChI is InChI=1S/C16H17NO3/c1-10-4-6-13(8-11(10)2)9-17-12(3)5-7-14(15(17)18)16(19)20/h4-8H,9H2,1-3H3,(H,19,20). The molecule has 1 aromatic heterocycles. The van der Waals surface area contributed by atoms with Gasteiger partial charge in [-0.3, -0.25) is 4.79 Å². The van der Waals surface area contributed by atoms with E-state index in [0.29, 0.717) is 6.54 Å². The Labute approximate surface area is 117 Å². The van der Waals surface area contributed by atoms with Crippen LogP contribution in [0.3, 0.4) is 0 Å². The van der Waals surface area contributed by atoms with Gasteiger partial charge in [0.25, 0.3) is 5.56 Å². The first-order valence-electron chi connectivity index (χ1n) is 6.40. The largest absolute Gasteiger partial charge is 0.477 e. The van der Waals surface area contributed by atoms with E-state index in [1.807, 2.05) is 32.0 Å². The molecule has 0 amide bonds. The maximum Gasteiger partial charge on any atom is 0.341 e. The van der Waals surface area contributed by atoms with Crippen LogP contribution >= 0.6 is 0 Å². The van der Waals surface area contributed by atoms with Crippen LogP contribution in [0.4, 0.5) is 0 Å². The molecule has 0 unspecified atom stereocenters. The Morgan fingerprint density at radius 2 is 1.80 bits per heavy atom. The molecule has 0 saturated heterocycles. The number of aryl methyl sites for hydroxylation is 3. The van der Waals surface area contributed by atoms with Crippen molar-refractivity contribution in [1.82, 2.24) is 4.57 Å². The third kappa shape index (κ3) is 2.64. The Hall–Kier alpha value is -2.36. The zero-order valence-corrected chi connectivity index (χ0v) is 11.8. The number of hydrogen-bond donors (Lipinski definition) is 1. The summed E-state index contributed by atoms with van der Waals surface area (Å²) in [5.41, 5.74) is 3.42. The molecule has 0 atom stereocenters. The van der Waals surface area contributed by atoms with Crippen LogP contribution in [0.5, 0.6) is 0 Å². The number of benzene rings is 1. The molecule has 1 N–H and O–H groups in total. The van der Waals surface area contributed by atoms with Crippen molar-refractivity contribution in [3.8, 4) is 0 Å². The Kier molecular flexibility index (Phi) is 3.74. The minimum absolute atomic E-state index is 0.195. The Morgan fingerprint density at radius 3 is 2.40 bits per heavy atom. The molecular weight excluding hydrogens is 254 g/mol. The first-order chi connectivity index (χ1) is 9.40. The van der Waals surface area contributed by atoms with Crippen LogP contribution in [0.15, 0.2) is 35.1 Å². The summed E-state index contributed by atoms with van der Waals surface area (Å²) in [6.45, 7) is 6.23. The second-order valence-corrected chi connectivity index (χ2v) is 5.00. The van der Waals surface area contributed by atoms with Crippen molar-refractivity contribution in [2.24, 2.45) is 0 Å². The van der Waals surface area contributed by atoms with Gasteiger partial charge >= 0.3 is 5.97 Å². The Morgan fingerprint density at radius 1 is 1.10 bits per heavy atom. The second-order valence-electron chi connectivity index (χ2n) is 5.00. The molecule has 2 rings (SSSR count). The monoisotopic (exact) mass is 271 g/mol. The van der Waals surface area contributed by atoms with E-state index in [1.165, 1.54) is 16.2 Å². The van der Waals surface area contributed by atoms with Crippen molar-refractivity contribution >= 4 is 5.97 Å². The van der Waals surface area contributed by atoms with Crippen LogP contribution in [-0.4, -0.2) is 15.6 Å². The van der Waals surface area contributed by atoms with E-state index < -0.39 is 11.5 Å². The highest BCUT2D eigenvalue weighted by Gasteiger charge is 2.12. The second kappa shape index (κ2) is 5.33. The van der Waals surface area contributed by atoms with Gasteiger partial charge in [-0.1, -0.05) is 18.2 Å². The Balaban J connectivity index is 2.48. The van der Waals surface area contributed by atoms with Crippen LogP contribution in [0.2, 0.25) is 0 Å². The third-order valence-corrected chi connectivity index (χ3v) is 3.53. The summed E-state index contributed by atoms with van der Waals surface area (Å²) in [5.74, 6) is -1.19. The van der Waals surface area contributed by atoms with E-state index >= 15 is 0 Å². The average molecular weight is 271 g/mol. The van der Waals surface area contributed by atoms with Crippen LogP contribution in [0.1, 0.15) is 32.7 Å². The van der Waals surface area contributed by atoms with Crippen molar-refractivity contribution in [3.63, 3.8) is 0 Å². The fourth-order valence-electron chi connectivity index (χ4n) is 2.11. The molecule has 1 aromatic carbocycles. The van der Waals surface area contributed by atoms with Gasteiger partial charge in [-0.15, -0.1) is 0 Å². The number of pyridine rings is 1. The topological polar surface area (TPSA) is 59.3 Å². The zero-order valence-electron chi connectivity index (χ0n) is 11.8. The van der Waals surface area contributed by atoms with Gasteiger partial charge in [-0.05, 0) is 49.6 Å².